The van der Waals surface area contributed by atoms with Crippen LogP contribution >= 0.6 is 11.3 Å². The molecule has 6 nitrogen and oxygen atoms in total. The van der Waals surface area contributed by atoms with Gasteiger partial charge in [0.1, 0.15) is 24.3 Å². The molecule has 1 amide bonds. The summed E-state index contributed by atoms with van der Waals surface area (Å²) in [5.41, 5.74) is 2.51. The highest BCUT2D eigenvalue weighted by molar-refractivity contribution is 7.07. The van der Waals surface area contributed by atoms with Crippen LogP contribution in [0.15, 0.2) is 47.3 Å². The van der Waals surface area contributed by atoms with Crippen LogP contribution in [-0.2, 0) is 6.61 Å². The fourth-order valence-electron chi connectivity index (χ4n) is 2.52. The molecule has 1 atom stereocenters. The number of halogens is 2. The minimum absolute atomic E-state index is 0.127. The molecule has 0 aliphatic heterocycles. The molecule has 0 saturated heterocycles. The van der Waals surface area contributed by atoms with Gasteiger partial charge in [0.25, 0.3) is 5.91 Å². The quantitative estimate of drug-likeness (QED) is 0.631. The topological polar surface area (TPSA) is 84.2 Å². The summed E-state index contributed by atoms with van der Waals surface area (Å²) in [6, 6.07) is 7.80. The predicted octanol–water partition coefficient (Wildman–Crippen LogP) is 4.00. The van der Waals surface area contributed by atoms with Crippen molar-refractivity contribution in [3.8, 4) is 17.6 Å². The van der Waals surface area contributed by atoms with Gasteiger partial charge in [-0.25, -0.2) is 13.8 Å². The smallest absolute Gasteiger partial charge is 0.252 e. The Morgan fingerprint density at radius 3 is 2.76 bits per heavy atom. The summed E-state index contributed by atoms with van der Waals surface area (Å²) in [6.07, 6.45) is 0. The summed E-state index contributed by atoms with van der Waals surface area (Å²) >= 11 is 1.45. The molecular formula is C20H15F2N3O3S. The first-order valence-electron chi connectivity index (χ1n) is 8.35. The first-order valence-corrected chi connectivity index (χ1v) is 9.29. The van der Waals surface area contributed by atoms with Gasteiger partial charge >= 0.3 is 0 Å². The Kier molecular flexibility index (Phi) is 6.36. The Morgan fingerprint density at radius 1 is 1.28 bits per heavy atom. The number of carbonyl (C=O) groups is 1. The van der Waals surface area contributed by atoms with Gasteiger partial charge in [0.2, 0.25) is 0 Å². The van der Waals surface area contributed by atoms with Crippen molar-refractivity contribution in [3.05, 3.63) is 75.7 Å². The molecule has 0 radical (unpaired) electrons. The van der Waals surface area contributed by atoms with Gasteiger partial charge in [-0.1, -0.05) is 6.07 Å². The van der Waals surface area contributed by atoms with E-state index in [0.29, 0.717) is 17.6 Å². The monoisotopic (exact) mass is 415 g/mol. The first-order chi connectivity index (χ1) is 14.0. The summed E-state index contributed by atoms with van der Waals surface area (Å²) in [6.45, 7) is 0.242. The van der Waals surface area contributed by atoms with Crippen LogP contribution < -0.4 is 14.8 Å². The molecule has 1 aromatic heterocycles. The fourth-order valence-corrected chi connectivity index (χ4v) is 3.06. The van der Waals surface area contributed by atoms with Crippen molar-refractivity contribution in [2.24, 2.45) is 0 Å². The van der Waals surface area contributed by atoms with E-state index in [1.54, 1.807) is 17.6 Å². The van der Waals surface area contributed by atoms with Gasteiger partial charge in [-0.3, -0.25) is 4.79 Å². The van der Waals surface area contributed by atoms with Gasteiger partial charge in [-0.05, 0) is 24.3 Å². The van der Waals surface area contributed by atoms with Crippen LogP contribution in [0.1, 0.15) is 27.7 Å². The molecule has 9 heteroatoms. The maximum Gasteiger partial charge on any atom is 0.252 e. The Morgan fingerprint density at radius 2 is 2.10 bits per heavy atom. The second-order valence-corrected chi connectivity index (χ2v) is 6.55. The van der Waals surface area contributed by atoms with Crippen molar-refractivity contribution in [2.75, 3.05) is 7.11 Å². The molecule has 0 aliphatic carbocycles. The van der Waals surface area contributed by atoms with Gasteiger partial charge in [-0.15, -0.1) is 11.3 Å². The number of nitrogens with one attached hydrogen (secondary N) is 1. The predicted molar refractivity (Wildman–Crippen MR) is 102 cm³/mol. The lowest BCUT2D eigenvalue weighted by molar-refractivity contribution is 0.0944. The zero-order chi connectivity index (χ0) is 20.8. The minimum atomic E-state index is -1.28. The van der Waals surface area contributed by atoms with Crippen LogP contribution in [0.2, 0.25) is 0 Å². The molecule has 0 aliphatic rings. The van der Waals surface area contributed by atoms with Gasteiger partial charge in [0.15, 0.2) is 11.5 Å². The van der Waals surface area contributed by atoms with Crippen molar-refractivity contribution in [2.45, 2.75) is 12.6 Å². The second-order valence-electron chi connectivity index (χ2n) is 5.84. The normalized spacial score (nSPS) is 11.4. The van der Waals surface area contributed by atoms with Gasteiger partial charge in [-0.2, -0.15) is 5.26 Å². The third kappa shape index (κ3) is 4.86. The standard InChI is InChI=1S/C20H15F2N3O3S/c1-27-19-6-12(2-5-18(19)28-9-14-10-29-11-24-14)20(26)25-17(8-23)15-4-3-13(21)7-16(15)22/h2-7,10-11,17H,9H2,1H3,(H,25,26). The molecule has 148 valence electrons. The van der Waals surface area contributed by atoms with Gasteiger partial charge < -0.3 is 14.8 Å². The Labute approximate surface area is 169 Å². The highest BCUT2D eigenvalue weighted by Crippen LogP contribution is 2.29. The van der Waals surface area contributed by atoms with E-state index in [2.05, 4.69) is 10.3 Å². The molecule has 2 aromatic carbocycles. The molecule has 0 spiro atoms. The Hall–Kier alpha value is -3.51. The molecule has 1 N–H and O–H groups in total. The maximum absolute atomic E-state index is 13.9. The van der Waals surface area contributed by atoms with Gasteiger partial charge in [0.05, 0.1) is 24.4 Å². The van der Waals surface area contributed by atoms with E-state index < -0.39 is 23.6 Å². The number of methoxy groups -OCH3 is 1. The number of benzene rings is 2. The van der Waals surface area contributed by atoms with Crippen molar-refractivity contribution >= 4 is 17.2 Å². The minimum Gasteiger partial charge on any atom is -0.493 e. The molecule has 0 bridgehead atoms. The van der Waals surface area contributed by atoms with Crippen LogP contribution in [0, 0.1) is 23.0 Å². The van der Waals surface area contributed by atoms with Crippen molar-refractivity contribution < 1.29 is 23.0 Å². The van der Waals surface area contributed by atoms with Crippen LogP contribution in [0.5, 0.6) is 11.5 Å². The van der Waals surface area contributed by atoms with E-state index in [9.17, 15) is 18.8 Å². The number of carbonyl (C=O) groups excluding carboxylic acids is 1. The summed E-state index contributed by atoms with van der Waals surface area (Å²) in [7, 11) is 1.43. The summed E-state index contributed by atoms with van der Waals surface area (Å²) in [4.78, 5) is 16.6. The van der Waals surface area contributed by atoms with E-state index >= 15 is 0 Å². The SMILES string of the molecule is COc1cc(C(=O)NC(C#N)c2ccc(F)cc2F)ccc1OCc1cscn1. The lowest BCUT2D eigenvalue weighted by atomic mass is 10.1. The molecular weight excluding hydrogens is 400 g/mol. The lowest BCUT2D eigenvalue weighted by Crippen LogP contribution is -2.28. The van der Waals surface area contributed by atoms with Crippen molar-refractivity contribution in [1.29, 1.82) is 5.26 Å². The van der Waals surface area contributed by atoms with E-state index in [1.165, 1.54) is 30.6 Å². The van der Waals surface area contributed by atoms with Crippen LogP contribution in [0.25, 0.3) is 0 Å². The number of hydrogen-bond donors (Lipinski definition) is 1. The molecule has 3 rings (SSSR count). The highest BCUT2D eigenvalue weighted by Gasteiger charge is 2.20. The summed E-state index contributed by atoms with van der Waals surface area (Å²) in [5, 5.41) is 13.6. The molecule has 1 heterocycles. The Bertz CT molecular complexity index is 1050. The lowest BCUT2D eigenvalue weighted by Gasteiger charge is -2.15. The third-order valence-corrected chi connectivity index (χ3v) is 4.60. The molecule has 0 saturated carbocycles. The highest BCUT2D eigenvalue weighted by atomic mass is 32.1. The van der Waals surface area contributed by atoms with E-state index in [-0.39, 0.29) is 17.7 Å². The molecule has 1 unspecified atom stereocenters. The average molecular weight is 415 g/mol. The number of amides is 1. The summed E-state index contributed by atoms with van der Waals surface area (Å²) in [5.74, 6) is -1.58. The van der Waals surface area contributed by atoms with E-state index in [0.717, 1.165) is 17.8 Å². The maximum atomic E-state index is 13.9. The average Bonchev–Trinajstić information content (AvgIpc) is 3.24. The number of hydrogen-bond acceptors (Lipinski definition) is 6. The number of ether oxygens (including phenoxy) is 2. The van der Waals surface area contributed by atoms with E-state index in [1.807, 2.05) is 5.38 Å². The largest absolute Gasteiger partial charge is 0.493 e. The Balaban J connectivity index is 1.75. The number of rotatable bonds is 7. The van der Waals surface area contributed by atoms with Crippen LogP contribution in [0.4, 0.5) is 8.78 Å². The first kappa shape index (κ1) is 20.2. The number of nitriles is 1. The molecule has 3 aromatic rings. The zero-order valence-electron chi connectivity index (χ0n) is 15.2. The number of nitrogens with zero attached hydrogens (tertiary/aromatic N) is 2. The fraction of sp³-hybridized carbons (Fsp3) is 0.150. The molecule has 0 fully saturated rings. The zero-order valence-corrected chi connectivity index (χ0v) is 16.0. The number of thiazole rings is 1. The van der Waals surface area contributed by atoms with Crippen LogP contribution in [-0.4, -0.2) is 18.0 Å². The molecule has 29 heavy (non-hydrogen) atoms. The van der Waals surface area contributed by atoms with Crippen molar-refractivity contribution in [3.63, 3.8) is 0 Å². The second kappa shape index (κ2) is 9.12. The van der Waals surface area contributed by atoms with Gasteiger partial charge in [0, 0.05) is 22.6 Å². The van der Waals surface area contributed by atoms with E-state index in [4.69, 9.17) is 9.47 Å². The van der Waals surface area contributed by atoms with Crippen molar-refractivity contribution in [1.82, 2.24) is 10.3 Å². The summed E-state index contributed by atoms with van der Waals surface area (Å²) < 4.78 is 37.9. The third-order valence-electron chi connectivity index (χ3n) is 3.96. The number of aromatic nitrogens is 1. The van der Waals surface area contributed by atoms with Crippen LogP contribution in [0.3, 0.4) is 0 Å².